The molecule has 0 fully saturated rings. The molecule has 0 saturated heterocycles. The molecule has 3 N–H and O–H groups in total. The number of halogens is 3. The average molecular weight is 480 g/mol. The van der Waals surface area contributed by atoms with E-state index in [1.165, 1.54) is 36.4 Å². The van der Waals surface area contributed by atoms with E-state index >= 15 is 0 Å². The zero-order valence-corrected chi connectivity index (χ0v) is 17.8. The summed E-state index contributed by atoms with van der Waals surface area (Å²) in [6, 6.07) is 13.7. The first-order valence-electron chi connectivity index (χ1n) is 9.47. The molecule has 0 bridgehead atoms. The van der Waals surface area contributed by atoms with Crippen molar-refractivity contribution in [1.29, 1.82) is 0 Å². The quantitative estimate of drug-likeness (QED) is 0.447. The van der Waals surface area contributed by atoms with Crippen molar-refractivity contribution in [2.75, 3.05) is 10.0 Å². The molecule has 0 spiro atoms. The third-order valence-corrected chi connectivity index (χ3v) is 5.37. The number of aromatic nitrogens is 1. The molecular weight excluding hydrogens is 461 g/mol. The normalized spacial score (nSPS) is 11.5. The monoisotopic (exact) mass is 480 g/mol. The fraction of sp³-hybridized carbons (Fsp3) is 0.143. The van der Waals surface area contributed by atoms with Gasteiger partial charge in [-0.05, 0) is 59.7 Å². The van der Waals surface area contributed by atoms with Crippen LogP contribution in [0.4, 0.5) is 29.3 Å². The fourth-order valence-electron chi connectivity index (χ4n) is 2.75. The number of sulfonamides is 1. The molecule has 0 unspecified atom stereocenters. The van der Waals surface area contributed by atoms with Gasteiger partial charge in [-0.1, -0.05) is 12.1 Å². The standard InChI is InChI=1S/C21H19F3N4O4S/c22-21(23,24)32-19-3-1-2-16(12-19)14-33(30,31)28-18-6-4-17(5-7-18)27-20(29)26-13-15-8-10-25-11-9-15/h1-12,28H,13-14H2,(H2,26,27,29). The highest BCUT2D eigenvalue weighted by molar-refractivity contribution is 7.91. The minimum atomic E-state index is -4.87. The summed E-state index contributed by atoms with van der Waals surface area (Å²) in [5.41, 5.74) is 1.65. The van der Waals surface area contributed by atoms with Gasteiger partial charge in [0.2, 0.25) is 10.0 Å². The molecule has 1 heterocycles. The number of pyridine rings is 1. The summed E-state index contributed by atoms with van der Waals surface area (Å²) in [7, 11) is -3.91. The zero-order chi connectivity index (χ0) is 23.9. The Morgan fingerprint density at radius 2 is 1.61 bits per heavy atom. The average Bonchev–Trinajstić information content (AvgIpc) is 2.73. The van der Waals surface area contributed by atoms with Crippen molar-refractivity contribution >= 4 is 27.4 Å². The fourth-order valence-corrected chi connectivity index (χ4v) is 3.93. The predicted molar refractivity (Wildman–Crippen MR) is 116 cm³/mol. The molecule has 0 radical (unpaired) electrons. The van der Waals surface area contributed by atoms with Gasteiger partial charge in [-0.25, -0.2) is 13.2 Å². The number of hydrogen-bond donors (Lipinski definition) is 3. The van der Waals surface area contributed by atoms with E-state index < -0.39 is 33.9 Å². The van der Waals surface area contributed by atoms with Gasteiger partial charge in [0, 0.05) is 30.3 Å². The Morgan fingerprint density at radius 1 is 0.939 bits per heavy atom. The molecule has 8 nitrogen and oxygen atoms in total. The third-order valence-electron chi connectivity index (χ3n) is 4.11. The second-order valence-corrected chi connectivity index (χ2v) is 8.52. The van der Waals surface area contributed by atoms with Crippen LogP contribution in [0.1, 0.15) is 11.1 Å². The van der Waals surface area contributed by atoms with Gasteiger partial charge in [0.25, 0.3) is 0 Å². The minimum absolute atomic E-state index is 0.119. The summed E-state index contributed by atoms with van der Waals surface area (Å²) in [6.45, 7) is 0.307. The van der Waals surface area contributed by atoms with Gasteiger partial charge in [0.15, 0.2) is 0 Å². The predicted octanol–water partition coefficient (Wildman–Crippen LogP) is 4.24. The maximum atomic E-state index is 12.4. The summed E-state index contributed by atoms with van der Waals surface area (Å²) in [4.78, 5) is 15.9. The molecule has 0 aliphatic heterocycles. The minimum Gasteiger partial charge on any atom is -0.406 e. The Morgan fingerprint density at radius 3 is 2.27 bits per heavy atom. The first-order chi connectivity index (χ1) is 15.6. The Bertz CT molecular complexity index is 1190. The molecule has 12 heteroatoms. The molecule has 0 atom stereocenters. The van der Waals surface area contributed by atoms with E-state index in [2.05, 4.69) is 25.1 Å². The Kier molecular flexibility index (Phi) is 7.38. The zero-order valence-electron chi connectivity index (χ0n) is 17.0. The van der Waals surface area contributed by atoms with Crippen LogP contribution in [0.15, 0.2) is 73.1 Å². The lowest BCUT2D eigenvalue weighted by Gasteiger charge is -2.12. The second-order valence-electron chi connectivity index (χ2n) is 6.80. The van der Waals surface area contributed by atoms with Gasteiger partial charge in [-0.2, -0.15) is 0 Å². The van der Waals surface area contributed by atoms with Crippen LogP contribution in [-0.2, 0) is 22.3 Å². The van der Waals surface area contributed by atoms with Crippen molar-refractivity contribution in [3.8, 4) is 5.75 Å². The molecule has 1 aromatic heterocycles. The largest absolute Gasteiger partial charge is 0.573 e. The van der Waals surface area contributed by atoms with Crippen LogP contribution < -0.4 is 20.1 Å². The molecule has 174 valence electrons. The summed E-state index contributed by atoms with van der Waals surface area (Å²) >= 11 is 0. The number of anilines is 2. The van der Waals surface area contributed by atoms with E-state index in [4.69, 9.17) is 0 Å². The van der Waals surface area contributed by atoms with Crippen LogP contribution in [-0.4, -0.2) is 25.8 Å². The van der Waals surface area contributed by atoms with Crippen LogP contribution in [0.5, 0.6) is 5.75 Å². The summed E-state index contributed by atoms with van der Waals surface area (Å²) < 4.78 is 68.0. The van der Waals surface area contributed by atoms with Gasteiger partial charge >= 0.3 is 12.4 Å². The Labute approximate surface area is 187 Å². The number of rotatable bonds is 8. The molecule has 2 amide bonds. The molecule has 3 aromatic rings. The highest BCUT2D eigenvalue weighted by Gasteiger charge is 2.31. The highest BCUT2D eigenvalue weighted by atomic mass is 32.2. The number of carbonyl (C=O) groups is 1. The summed E-state index contributed by atoms with van der Waals surface area (Å²) in [6.07, 6.45) is -1.65. The van der Waals surface area contributed by atoms with Gasteiger partial charge in [-0.3, -0.25) is 9.71 Å². The topological polar surface area (TPSA) is 109 Å². The first-order valence-corrected chi connectivity index (χ1v) is 11.1. The molecule has 0 aliphatic rings. The lowest BCUT2D eigenvalue weighted by molar-refractivity contribution is -0.274. The number of amides is 2. The van der Waals surface area contributed by atoms with E-state index in [1.807, 2.05) is 0 Å². The second kappa shape index (κ2) is 10.2. The molecule has 2 aromatic carbocycles. The number of nitrogens with one attached hydrogen (secondary N) is 3. The number of ether oxygens (including phenoxy) is 1. The molecule has 0 saturated carbocycles. The van der Waals surface area contributed by atoms with Crippen LogP contribution in [0.3, 0.4) is 0 Å². The number of carbonyl (C=O) groups excluding carboxylic acids is 1. The molecule has 33 heavy (non-hydrogen) atoms. The summed E-state index contributed by atoms with van der Waals surface area (Å²) in [5, 5.41) is 5.29. The van der Waals surface area contributed by atoms with Gasteiger partial charge in [-0.15, -0.1) is 13.2 Å². The number of nitrogens with zero attached hydrogens (tertiary/aromatic N) is 1. The van der Waals surface area contributed by atoms with Crippen LogP contribution in [0.25, 0.3) is 0 Å². The van der Waals surface area contributed by atoms with Crippen LogP contribution in [0.2, 0.25) is 0 Å². The lowest BCUT2D eigenvalue weighted by Crippen LogP contribution is -2.28. The Hall–Kier alpha value is -3.80. The van der Waals surface area contributed by atoms with Gasteiger partial charge in [0.1, 0.15) is 5.75 Å². The number of urea groups is 1. The van der Waals surface area contributed by atoms with Crippen molar-refractivity contribution in [3.63, 3.8) is 0 Å². The van der Waals surface area contributed by atoms with Crippen LogP contribution >= 0.6 is 0 Å². The van der Waals surface area contributed by atoms with Gasteiger partial charge < -0.3 is 15.4 Å². The maximum absolute atomic E-state index is 12.4. The summed E-state index contributed by atoms with van der Waals surface area (Å²) in [5.74, 6) is -1.06. The smallest absolute Gasteiger partial charge is 0.406 e. The van der Waals surface area contributed by atoms with E-state index in [0.29, 0.717) is 12.2 Å². The van der Waals surface area contributed by atoms with Crippen molar-refractivity contribution in [2.45, 2.75) is 18.7 Å². The van der Waals surface area contributed by atoms with Crippen molar-refractivity contribution in [1.82, 2.24) is 10.3 Å². The molecular formula is C21H19F3N4O4S. The maximum Gasteiger partial charge on any atom is 0.573 e. The van der Waals surface area contributed by atoms with Crippen molar-refractivity contribution in [3.05, 3.63) is 84.2 Å². The third kappa shape index (κ3) is 8.33. The van der Waals surface area contributed by atoms with Crippen molar-refractivity contribution < 1.29 is 31.1 Å². The van der Waals surface area contributed by atoms with Crippen molar-refractivity contribution in [2.24, 2.45) is 0 Å². The molecule has 0 aliphatic carbocycles. The van der Waals surface area contributed by atoms with Crippen LogP contribution in [0, 0.1) is 0 Å². The number of benzene rings is 2. The highest BCUT2D eigenvalue weighted by Crippen LogP contribution is 2.24. The lowest BCUT2D eigenvalue weighted by atomic mass is 10.2. The first kappa shape index (κ1) is 23.9. The number of hydrogen-bond acceptors (Lipinski definition) is 5. The van der Waals surface area contributed by atoms with E-state index in [0.717, 1.165) is 17.7 Å². The van der Waals surface area contributed by atoms with E-state index in [1.54, 1.807) is 24.5 Å². The molecule has 3 rings (SSSR count). The van der Waals surface area contributed by atoms with E-state index in [9.17, 15) is 26.4 Å². The van der Waals surface area contributed by atoms with E-state index in [-0.39, 0.29) is 11.3 Å². The number of alkyl halides is 3. The SMILES string of the molecule is O=C(NCc1ccncc1)Nc1ccc(NS(=O)(=O)Cc2cccc(OC(F)(F)F)c2)cc1. The Balaban J connectivity index is 1.54. The van der Waals surface area contributed by atoms with Gasteiger partial charge in [0.05, 0.1) is 5.75 Å².